The van der Waals surface area contributed by atoms with E-state index in [-0.39, 0.29) is 22.9 Å². The van der Waals surface area contributed by atoms with Crippen molar-refractivity contribution in [1.82, 2.24) is 10.6 Å². The van der Waals surface area contributed by atoms with Crippen molar-refractivity contribution in [3.63, 3.8) is 0 Å². The first-order chi connectivity index (χ1) is 9.13. The van der Waals surface area contributed by atoms with E-state index in [0.29, 0.717) is 30.7 Å². The minimum Gasteiger partial charge on any atom is -0.370 e. The monoisotopic (exact) mass is 342 g/mol. The predicted molar refractivity (Wildman–Crippen MR) is 88.5 cm³/mol. The lowest BCUT2D eigenvalue weighted by Gasteiger charge is -2.11. The van der Waals surface area contributed by atoms with Gasteiger partial charge in [0.1, 0.15) is 0 Å². The van der Waals surface area contributed by atoms with Crippen molar-refractivity contribution in [3.8, 4) is 0 Å². The van der Waals surface area contributed by atoms with Crippen molar-refractivity contribution in [3.05, 3.63) is 35.9 Å². The largest absolute Gasteiger partial charge is 0.370 e. The van der Waals surface area contributed by atoms with Crippen LogP contribution in [0.5, 0.6) is 0 Å². The number of carbonyl (C=O) groups excluding carboxylic acids is 1. The first-order valence-electron chi connectivity index (χ1n) is 6.53. The van der Waals surface area contributed by atoms with Gasteiger partial charge in [0.05, 0.1) is 6.54 Å². The van der Waals surface area contributed by atoms with Crippen molar-refractivity contribution < 1.29 is 4.79 Å². The number of hydrogen-bond donors (Lipinski definition) is 3. The highest BCUT2D eigenvalue weighted by Crippen LogP contribution is 1.97. The summed E-state index contributed by atoms with van der Waals surface area (Å²) in [6, 6.07) is 9.40. The molecule has 6 heteroatoms. The van der Waals surface area contributed by atoms with Crippen LogP contribution < -0.4 is 16.4 Å². The Kier molecular flexibility index (Phi) is 9.45. The fraction of sp³-hybridized carbons (Fsp3) is 0.429. The molecule has 0 saturated carbocycles. The molecule has 0 spiro atoms. The van der Waals surface area contributed by atoms with Crippen molar-refractivity contribution in [2.24, 2.45) is 10.7 Å². The fourth-order valence-corrected chi connectivity index (χ4v) is 1.44. The Morgan fingerprint density at radius 2 is 2.00 bits per heavy atom. The van der Waals surface area contributed by atoms with Gasteiger partial charge < -0.3 is 16.4 Å². The van der Waals surface area contributed by atoms with E-state index in [1.165, 1.54) is 0 Å². The maximum atomic E-state index is 11.7. The van der Waals surface area contributed by atoms with Crippen LogP contribution in [-0.4, -0.2) is 31.0 Å². The number of nitrogens with two attached hydrogens (primary N) is 1. The highest BCUT2D eigenvalue weighted by molar-refractivity contribution is 8.93. The quantitative estimate of drug-likeness (QED) is 0.418. The Bertz CT molecular complexity index is 422. The Labute approximate surface area is 130 Å². The summed E-state index contributed by atoms with van der Waals surface area (Å²) in [4.78, 5) is 15.9. The zero-order chi connectivity index (χ0) is 14.1. The highest BCUT2D eigenvalue weighted by Gasteiger charge is 2.02. The van der Waals surface area contributed by atoms with Crippen LogP contribution in [0.15, 0.2) is 35.3 Å². The van der Waals surface area contributed by atoms with Crippen LogP contribution in [0.4, 0.5) is 0 Å². The van der Waals surface area contributed by atoms with E-state index in [1.807, 2.05) is 25.1 Å². The van der Waals surface area contributed by atoms with Crippen LogP contribution in [0.1, 0.15) is 30.6 Å². The van der Waals surface area contributed by atoms with Crippen molar-refractivity contribution in [2.75, 3.05) is 13.1 Å². The molecule has 1 atom stereocenters. The summed E-state index contributed by atoms with van der Waals surface area (Å²) in [5.74, 6) is 0.326. The van der Waals surface area contributed by atoms with Crippen LogP contribution in [0, 0.1) is 0 Å². The molecule has 0 aliphatic carbocycles. The molecule has 1 aromatic carbocycles. The van der Waals surface area contributed by atoms with Gasteiger partial charge in [-0.1, -0.05) is 25.1 Å². The number of carbonyl (C=O) groups is 1. The number of nitrogens with zero attached hydrogens (tertiary/aromatic N) is 1. The number of aliphatic imine (C=N–C) groups is 1. The zero-order valence-electron chi connectivity index (χ0n) is 11.9. The van der Waals surface area contributed by atoms with E-state index in [1.54, 1.807) is 12.1 Å². The minimum absolute atomic E-state index is 0. The Balaban J connectivity index is 0.00000361. The third-order valence-corrected chi connectivity index (χ3v) is 2.72. The predicted octanol–water partition coefficient (Wildman–Crippen LogP) is 1.70. The first-order valence-corrected chi connectivity index (χ1v) is 6.53. The summed E-state index contributed by atoms with van der Waals surface area (Å²) in [7, 11) is 0. The number of rotatable bonds is 6. The number of guanidine groups is 1. The van der Waals surface area contributed by atoms with Gasteiger partial charge in [0.25, 0.3) is 5.91 Å². The van der Waals surface area contributed by atoms with Gasteiger partial charge in [0.15, 0.2) is 5.96 Å². The van der Waals surface area contributed by atoms with Crippen LogP contribution >= 0.6 is 17.0 Å². The molecule has 0 fully saturated rings. The van der Waals surface area contributed by atoms with Gasteiger partial charge in [-0.3, -0.25) is 9.79 Å². The SMILES string of the molecule is Br.CCC(C)NC(N)=NCCNC(=O)c1ccccc1. The van der Waals surface area contributed by atoms with E-state index < -0.39 is 0 Å². The molecule has 0 saturated heterocycles. The molecular weight excluding hydrogens is 320 g/mol. The van der Waals surface area contributed by atoms with E-state index in [9.17, 15) is 4.79 Å². The van der Waals surface area contributed by atoms with Gasteiger partial charge in [-0.25, -0.2) is 0 Å². The normalized spacial score (nSPS) is 12.2. The van der Waals surface area contributed by atoms with E-state index in [0.717, 1.165) is 6.42 Å². The van der Waals surface area contributed by atoms with Crippen molar-refractivity contribution in [1.29, 1.82) is 0 Å². The Hall–Kier alpha value is -1.56. The number of hydrogen-bond acceptors (Lipinski definition) is 2. The fourth-order valence-electron chi connectivity index (χ4n) is 1.44. The van der Waals surface area contributed by atoms with Crippen LogP contribution in [0.2, 0.25) is 0 Å². The Morgan fingerprint density at radius 3 is 2.60 bits per heavy atom. The van der Waals surface area contributed by atoms with Crippen molar-refractivity contribution >= 4 is 28.8 Å². The molecule has 0 heterocycles. The van der Waals surface area contributed by atoms with Gasteiger partial charge in [-0.2, -0.15) is 0 Å². The van der Waals surface area contributed by atoms with Gasteiger partial charge in [-0.05, 0) is 25.5 Å². The van der Waals surface area contributed by atoms with Crippen LogP contribution in [0.3, 0.4) is 0 Å². The highest BCUT2D eigenvalue weighted by atomic mass is 79.9. The van der Waals surface area contributed by atoms with Gasteiger partial charge in [-0.15, -0.1) is 17.0 Å². The summed E-state index contributed by atoms with van der Waals surface area (Å²) in [5, 5.41) is 5.86. The number of halogens is 1. The molecule has 0 radical (unpaired) electrons. The second kappa shape index (κ2) is 10.3. The van der Waals surface area contributed by atoms with Crippen LogP contribution in [-0.2, 0) is 0 Å². The second-order valence-corrected chi connectivity index (χ2v) is 4.34. The Morgan fingerprint density at radius 1 is 1.35 bits per heavy atom. The molecule has 112 valence electrons. The van der Waals surface area contributed by atoms with E-state index >= 15 is 0 Å². The maximum absolute atomic E-state index is 11.7. The number of nitrogens with one attached hydrogen (secondary N) is 2. The van der Waals surface area contributed by atoms with Gasteiger partial charge >= 0.3 is 0 Å². The van der Waals surface area contributed by atoms with Crippen molar-refractivity contribution in [2.45, 2.75) is 26.3 Å². The third-order valence-electron chi connectivity index (χ3n) is 2.72. The standard InChI is InChI=1S/C14H22N4O.BrH/c1-3-11(2)18-14(15)17-10-9-16-13(19)12-7-5-4-6-8-12;/h4-8,11H,3,9-10H2,1-2H3,(H,16,19)(H3,15,17,18);1H. The summed E-state index contributed by atoms with van der Waals surface area (Å²) < 4.78 is 0. The minimum atomic E-state index is -0.0933. The molecule has 1 amide bonds. The molecule has 5 nitrogen and oxygen atoms in total. The molecule has 4 N–H and O–H groups in total. The molecule has 20 heavy (non-hydrogen) atoms. The number of amides is 1. The summed E-state index contributed by atoms with van der Waals surface area (Å²) in [6.07, 6.45) is 0.987. The topological polar surface area (TPSA) is 79.5 Å². The van der Waals surface area contributed by atoms with Gasteiger partial charge in [0.2, 0.25) is 0 Å². The maximum Gasteiger partial charge on any atom is 0.251 e. The van der Waals surface area contributed by atoms with E-state index in [2.05, 4.69) is 22.5 Å². The molecule has 1 unspecified atom stereocenters. The third kappa shape index (κ3) is 7.13. The lowest BCUT2D eigenvalue weighted by molar-refractivity contribution is 0.0955. The average Bonchev–Trinajstić information content (AvgIpc) is 2.44. The molecule has 0 aliphatic heterocycles. The smallest absolute Gasteiger partial charge is 0.251 e. The van der Waals surface area contributed by atoms with Crippen LogP contribution in [0.25, 0.3) is 0 Å². The summed E-state index contributed by atoms with van der Waals surface area (Å²) >= 11 is 0. The van der Waals surface area contributed by atoms with Gasteiger partial charge in [0, 0.05) is 18.2 Å². The molecular formula is C14H23BrN4O. The average molecular weight is 343 g/mol. The first kappa shape index (κ1) is 18.4. The number of benzene rings is 1. The second-order valence-electron chi connectivity index (χ2n) is 4.34. The molecule has 0 aliphatic rings. The molecule has 0 bridgehead atoms. The zero-order valence-corrected chi connectivity index (χ0v) is 13.6. The molecule has 0 aromatic heterocycles. The summed E-state index contributed by atoms with van der Waals surface area (Å²) in [5.41, 5.74) is 6.35. The lowest BCUT2D eigenvalue weighted by Crippen LogP contribution is -2.38. The summed E-state index contributed by atoms with van der Waals surface area (Å²) in [6.45, 7) is 5.05. The molecule has 1 rings (SSSR count). The molecule has 1 aromatic rings. The lowest BCUT2D eigenvalue weighted by atomic mass is 10.2. The van der Waals surface area contributed by atoms with E-state index in [4.69, 9.17) is 5.73 Å².